The Morgan fingerprint density at radius 2 is 1.53 bits per heavy atom. The molecule has 11 nitrogen and oxygen atoms in total. The highest BCUT2D eigenvalue weighted by atomic mass is 32.2. The Balaban J connectivity index is 2.28. The molecule has 0 fully saturated rings. The number of para-hydroxylation sites is 1. The van der Waals surface area contributed by atoms with Crippen LogP contribution in [-0.2, 0) is 10.0 Å². The summed E-state index contributed by atoms with van der Waals surface area (Å²) >= 11 is 0. The van der Waals surface area contributed by atoms with Gasteiger partial charge >= 0.3 is 34.5 Å². The highest BCUT2D eigenvalue weighted by Crippen LogP contribution is 2.22. The summed E-state index contributed by atoms with van der Waals surface area (Å²) in [6.07, 6.45) is 0. The molecule has 0 unspecified atom stereocenters. The number of sulfonamides is 1. The van der Waals surface area contributed by atoms with E-state index in [2.05, 4.69) is 19.4 Å². The fourth-order valence-electron chi connectivity index (χ4n) is 1.87. The van der Waals surface area contributed by atoms with Gasteiger partial charge in [-0.3, -0.25) is 14.8 Å². The minimum absolute atomic E-state index is 0.448. The molecule has 2 aromatic rings. The number of hydrogen-bond donors (Lipinski definition) is 3. The van der Waals surface area contributed by atoms with Crippen LogP contribution in [0.4, 0.5) is 34.0 Å². The van der Waals surface area contributed by atoms with Crippen LogP contribution in [0.1, 0.15) is 10.4 Å². The first-order chi connectivity index (χ1) is 14.0. The average molecular weight is 454 g/mol. The lowest BCUT2D eigenvalue weighted by Gasteiger charge is -2.11. The zero-order valence-corrected chi connectivity index (χ0v) is 15.1. The number of carbonyl (C=O) groups excluding carboxylic acids is 1. The first kappa shape index (κ1) is 22.6. The molecule has 0 saturated carbocycles. The standard InChI is InChI=1S/C14H10F4N4O7S/c15-11(16)28-8-5-9(29-12(17)18)20-13(19-8)21-14(25)30(26,27)22-7-4-2-1-3-6(7)10(23)24/h1-5,11-12,22H,(H,23,24)(H,19,20,21,25). The summed E-state index contributed by atoms with van der Waals surface area (Å²) in [5.41, 5.74) is -0.942. The number of rotatable bonds is 8. The lowest BCUT2D eigenvalue weighted by molar-refractivity contribution is -0.0579. The normalized spacial score (nSPS) is 11.3. The lowest BCUT2D eigenvalue weighted by Crippen LogP contribution is -2.29. The van der Waals surface area contributed by atoms with Crippen molar-refractivity contribution in [2.45, 2.75) is 13.2 Å². The highest BCUT2D eigenvalue weighted by molar-refractivity contribution is 8.07. The lowest BCUT2D eigenvalue weighted by atomic mass is 10.2. The van der Waals surface area contributed by atoms with Crippen LogP contribution in [0.25, 0.3) is 0 Å². The van der Waals surface area contributed by atoms with E-state index in [4.69, 9.17) is 5.11 Å². The van der Waals surface area contributed by atoms with E-state index in [9.17, 15) is 35.6 Å². The fraction of sp³-hybridized carbons (Fsp3) is 0.143. The SMILES string of the molecule is O=C(O)c1ccccc1NS(=O)(=O)C(=O)Nc1nc(OC(F)F)cc(OC(F)F)n1. The van der Waals surface area contributed by atoms with Gasteiger partial charge in [-0.05, 0) is 12.1 Å². The van der Waals surface area contributed by atoms with Crippen molar-refractivity contribution in [1.82, 2.24) is 9.97 Å². The number of nitrogens with one attached hydrogen (secondary N) is 2. The molecule has 0 radical (unpaired) electrons. The molecule has 16 heteroatoms. The number of ether oxygens (including phenoxy) is 2. The van der Waals surface area contributed by atoms with Crippen molar-refractivity contribution in [3.63, 3.8) is 0 Å². The van der Waals surface area contributed by atoms with E-state index < -0.39 is 63.4 Å². The van der Waals surface area contributed by atoms with E-state index in [1.165, 1.54) is 12.1 Å². The molecule has 1 aromatic carbocycles. The number of aromatic nitrogens is 2. The Bertz CT molecular complexity index is 1020. The Morgan fingerprint density at radius 3 is 2.03 bits per heavy atom. The van der Waals surface area contributed by atoms with E-state index in [1.807, 2.05) is 0 Å². The van der Waals surface area contributed by atoms with E-state index >= 15 is 0 Å². The van der Waals surface area contributed by atoms with Crippen molar-refractivity contribution >= 4 is 32.9 Å². The Kier molecular flexibility index (Phi) is 6.93. The number of carboxylic acid groups (broad SMARTS) is 1. The maximum atomic E-state index is 12.3. The van der Waals surface area contributed by atoms with Gasteiger partial charge in [-0.15, -0.1) is 0 Å². The minimum Gasteiger partial charge on any atom is -0.478 e. The van der Waals surface area contributed by atoms with Gasteiger partial charge in [-0.2, -0.15) is 35.9 Å². The van der Waals surface area contributed by atoms with Gasteiger partial charge in [0, 0.05) is 0 Å². The van der Waals surface area contributed by atoms with Gasteiger partial charge in [0.15, 0.2) is 0 Å². The molecule has 0 aliphatic heterocycles. The third-order valence-corrected chi connectivity index (χ3v) is 4.04. The van der Waals surface area contributed by atoms with Crippen LogP contribution in [0, 0.1) is 0 Å². The van der Waals surface area contributed by atoms with Crippen molar-refractivity contribution in [3.05, 3.63) is 35.9 Å². The number of carboxylic acids is 1. The van der Waals surface area contributed by atoms with Crippen LogP contribution in [0.2, 0.25) is 0 Å². The summed E-state index contributed by atoms with van der Waals surface area (Å²) in [4.78, 5) is 29.6. The number of alkyl halides is 4. The Hall–Kier alpha value is -3.69. The van der Waals surface area contributed by atoms with Gasteiger partial charge in [-0.25, -0.2) is 4.79 Å². The summed E-state index contributed by atoms with van der Waals surface area (Å²) in [6.45, 7) is -6.86. The first-order valence-corrected chi connectivity index (χ1v) is 8.91. The largest absolute Gasteiger partial charge is 0.478 e. The maximum Gasteiger partial charge on any atom is 0.388 e. The molecule has 0 aliphatic carbocycles. The van der Waals surface area contributed by atoms with Gasteiger partial charge in [0.1, 0.15) is 0 Å². The third-order valence-electron chi connectivity index (χ3n) is 2.96. The molecule has 0 aliphatic rings. The van der Waals surface area contributed by atoms with Crippen LogP contribution in [-0.4, -0.2) is 47.9 Å². The zero-order chi connectivity index (χ0) is 22.5. The molecule has 162 valence electrons. The molecule has 2 rings (SSSR count). The Morgan fingerprint density at radius 1 is 1.00 bits per heavy atom. The number of carbonyl (C=O) groups is 2. The molecule has 0 saturated heterocycles. The number of nitrogens with zero attached hydrogens (tertiary/aromatic N) is 2. The monoisotopic (exact) mass is 454 g/mol. The van der Waals surface area contributed by atoms with Crippen molar-refractivity contribution in [1.29, 1.82) is 0 Å². The molecule has 0 bridgehead atoms. The minimum atomic E-state index is -4.96. The second-order valence-corrected chi connectivity index (χ2v) is 6.58. The predicted molar refractivity (Wildman–Crippen MR) is 90.3 cm³/mol. The molecule has 0 atom stereocenters. The smallest absolute Gasteiger partial charge is 0.388 e. The topological polar surface area (TPSA) is 157 Å². The maximum absolute atomic E-state index is 12.3. The van der Waals surface area contributed by atoms with E-state index in [0.717, 1.165) is 12.1 Å². The third kappa shape index (κ3) is 6.16. The predicted octanol–water partition coefficient (Wildman–Crippen LogP) is 2.35. The van der Waals surface area contributed by atoms with Crippen molar-refractivity contribution < 1.29 is 50.1 Å². The van der Waals surface area contributed by atoms with E-state index in [1.54, 1.807) is 10.0 Å². The average Bonchev–Trinajstić information content (AvgIpc) is 2.60. The summed E-state index contributed by atoms with van der Waals surface area (Å²) in [6, 6.07) is 5.14. The number of aromatic carboxylic acids is 1. The number of hydrogen-bond acceptors (Lipinski definition) is 8. The number of benzene rings is 1. The molecule has 1 aromatic heterocycles. The van der Waals surface area contributed by atoms with Crippen molar-refractivity contribution in [2.75, 3.05) is 10.0 Å². The molecule has 3 N–H and O–H groups in total. The number of amides is 1. The first-order valence-electron chi connectivity index (χ1n) is 7.43. The van der Waals surface area contributed by atoms with Crippen molar-refractivity contribution in [3.8, 4) is 11.8 Å². The number of halogens is 4. The summed E-state index contributed by atoms with van der Waals surface area (Å²) < 4.78 is 83.1. The summed E-state index contributed by atoms with van der Waals surface area (Å²) in [5, 5.41) is 8.74. The van der Waals surface area contributed by atoms with Gasteiger partial charge in [0.2, 0.25) is 17.7 Å². The van der Waals surface area contributed by atoms with Gasteiger partial charge in [-0.1, -0.05) is 12.1 Å². The van der Waals surface area contributed by atoms with Crippen LogP contribution in [0.15, 0.2) is 30.3 Å². The molecule has 0 spiro atoms. The summed E-state index contributed by atoms with van der Waals surface area (Å²) in [7, 11) is -4.96. The molecule has 1 heterocycles. The van der Waals surface area contributed by atoms with Crippen LogP contribution >= 0.6 is 0 Å². The molecule has 1 amide bonds. The van der Waals surface area contributed by atoms with Crippen LogP contribution < -0.4 is 19.5 Å². The van der Waals surface area contributed by atoms with E-state index in [0.29, 0.717) is 6.07 Å². The van der Waals surface area contributed by atoms with E-state index in [-0.39, 0.29) is 0 Å². The Labute approximate surface area is 164 Å². The quantitative estimate of drug-likeness (QED) is 0.509. The van der Waals surface area contributed by atoms with Crippen molar-refractivity contribution in [2.24, 2.45) is 0 Å². The molecular weight excluding hydrogens is 444 g/mol. The second-order valence-electron chi connectivity index (χ2n) is 4.99. The fourth-order valence-corrected chi connectivity index (χ4v) is 2.66. The molecule has 30 heavy (non-hydrogen) atoms. The zero-order valence-electron chi connectivity index (χ0n) is 14.3. The van der Waals surface area contributed by atoms with Gasteiger partial charge in [0.25, 0.3) is 0 Å². The summed E-state index contributed by atoms with van der Waals surface area (Å²) in [5.74, 6) is -4.53. The van der Waals surface area contributed by atoms with Gasteiger partial charge < -0.3 is 14.6 Å². The molecular formula is C14H10F4N4O7S. The number of anilines is 2. The van der Waals surface area contributed by atoms with Gasteiger partial charge in [0.05, 0.1) is 17.3 Å². The second kappa shape index (κ2) is 9.21. The van der Waals surface area contributed by atoms with Crippen LogP contribution in [0.3, 0.4) is 0 Å². The van der Waals surface area contributed by atoms with Crippen LogP contribution in [0.5, 0.6) is 11.8 Å². The highest BCUT2D eigenvalue weighted by Gasteiger charge is 2.26.